The van der Waals surface area contributed by atoms with Crippen molar-refractivity contribution >= 4 is 17.3 Å². The predicted molar refractivity (Wildman–Crippen MR) is 79.1 cm³/mol. The summed E-state index contributed by atoms with van der Waals surface area (Å²) in [6.07, 6.45) is 4.75. The van der Waals surface area contributed by atoms with E-state index in [4.69, 9.17) is 10.5 Å². The van der Waals surface area contributed by atoms with Crippen LogP contribution in [0.5, 0.6) is 0 Å². The predicted octanol–water partition coefficient (Wildman–Crippen LogP) is 3.19. The van der Waals surface area contributed by atoms with Crippen molar-refractivity contribution in [3.05, 3.63) is 24.3 Å². The summed E-state index contributed by atoms with van der Waals surface area (Å²) in [5, 5.41) is 2.83. The largest absolute Gasteiger partial charge is 0.399 e. The molecule has 0 radical (unpaired) electrons. The first-order chi connectivity index (χ1) is 9.22. The van der Waals surface area contributed by atoms with Gasteiger partial charge in [0, 0.05) is 31.0 Å². The molecule has 4 heteroatoms. The highest BCUT2D eigenvalue weighted by Crippen LogP contribution is 2.10. The van der Waals surface area contributed by atoms with Gasteiger partial charge in [-0.2, -0.15) is 0 Å². The highest BCUT2D eigenvalue weighted by Gasteiger charge is 2.02. The van der Waals surface area contributed by atoms with Gasteiger partial charge in [-0.3, -0.25) is 4.79 Å². The Morgan fingerprint density at radius 3 is 2.53 bits per heavy atom. The molecule has 0 bridgehead atoms. The van der Waals surface area contributed by atoms with E-state index in [1.54, 1.807) is 24.3 Å². The minimum absolute atomic E-state index is 0.0157. The Balaban J connectivity index is 2.06. The number of hydrogen-bond acceptors (Lipinski definition) is 3. The van der Waals surface area contributed by atoms with Gasteiger partial charge < -0.3 is 15.8 Å². The number of carbonyl (C=O) groups is 1. The van der Waals surface area contributed by atoms with E-state index in [2.05, 4.69) is 12.2 Å². The van der Waals surface area contributed by atoms with Crippen LogP contribution in [0.2, 0.25) is 0 Å². The number of amides is 1. The Bertz CT molecular complexity index is 363. The number of rotatable bonds is 9. The summed E-state index contributed by atoms with van der Waals surface area (Å²) in [7, 11) is 0. The molecule has 0 heterocycles. The van der Waals surface area contributed by atoms with Crippen LogP contribution in [0.15, 0.2) is 24.3 Å². The van der Waals surface area contributed by atoms with E-state index in [0.29, 0.717) is 18.7 Å². The minimum Gasteiger partial charge on any atom is -0.399 e. The molecule has 0 saturated carbocycles. The van der Waals surface area contributed by atoms with E-state index in [0.717, 1.165) is 25.1 Å². The number of anilines is 2. The zero-order valence-corrected chi connectivity index (χ0v) is 11.7. The molecule has 0 unspecified atom stereocenters. The topological polar surface area (TPSA) is 64.3 Å². The quantitative estimate of drug-likeness (QED) is 0.532. The number of nitrogens with two attached hydrogens (primary N) is 1. The Hall–Kier alpha value is -1.55. The molecule has 1 aromatic rings. The van der Waals surface area contributed by atoms with Gasteiger partial charge in [0.2, 0.25) is 5.91 Å². The van der Waals surface area contributed by atoms with Crippen molar-refractivity contribution in [2.24, 2.45) is 0 Å². The van der Waals surface area contributed by atoms with Crippen molar-refractivity contribution in [2.75, 3.05) is 24.3 Å². The van der Waals surface area contributed by atoms with Crippen molar-refractivity contribution in [1.82, 2.24) is 0 Å². The SMILES string of the molecule is CCCCCOCCCC(=O)Nc1ccc(N)cc1. The van der Waals surface area contributed by atoms with Gasteiger partial charge in [0.1, 0.15) is 0 Å². The molecule has 1 amide bonds. The maximum absolute atomic E-state index is 11.6. The van der Waals surface area contributed by atoms with E-state index >= 15 is 0 Å². The third-order valence-electron chi connectivity index (χ3n) is 2.78. The lowest BCUT2D eigenvalue weighted by Gasteiger charge is -2.06. The number of ether oxygens (including phenoxy) is 1. The van der Waals surface area contributed by atoms with Gasteiger partial charge in [-0.15, -0.1) is 0 Å². The van der Waals surface area contributed by atoms with E-state index in [9.17, 15) is 4.79 Å². The first-order valence-corrected chi connectivity index (χ1v) is 6.95. The van der Waals surface area contributed by atoms with Crippen LogP contribution in [0.1, 0.15) is 39.0 Å². The molecule has 4 nitrogen and oxygen atoms in total. The average molecular weight is 264 g/mol. The van der Waals surface area contributed by atoms with E-state index in [-0.39, 0.29) is 5.91 Å². The molecule has 0 aliphatic carbocycles. The molecule has 1 rings (SSSR count). The third kappa shape index (κ3) is 7.47. The molecule has 0 fully saturated rings. The first kappa shape index (κ1) is 15.5. The Morgan fingerprint density at radius 2 is 1.84 bits per heavy atom. The van der Waals surface area contributed by atoms with Crippen LogP contribution in [-0.4, -0.2) is 19.1 Å². The molecule has 0 atom stereocenters. The molecule has 0 spiro atoms. The number of carbonyl (C=O) groups excluding carboxylic acids is 1. The summed E-state index contributed by atoms with van der Waals surface area (Å²) in [5.74, 6) is 0.0157. The van der Waals surface area contributed by atoms with Crippen LogP contribution in [0.25, 0.3) is 0 Å². The molecule has 3 N–H and O–H groups in total. The van der Waals surface area contributed by atoms with Crippen molar-refractivity contribution in [2.45, 2.75) is 39.0 Å². The van der Waals surface area contributed by atoms with Crippen LogP contribution in [-0.2, 0) is 9.53 Å². The van der Waals surface area contributed by atoms with Gasteiger partial charge in [0.25, 0.3) is 0 Å². The molecule has 19 heavy (non-hydrogen) atoms. The smallest absolute Gasteiger partial charge is 0.224 e. The zero-order chi connectivity index (χ0) is 13.9. The van der Waals surface area contributed by atoms with Gasteiger partial charge >= 0.3 is 0 Å². The lowest BCUT2D eigenvalue weighted by atomic mass is 10.2. The van der Waals surface area contributed by atoms with Gasteiger partial charge in [0.15, 0.2) is 0 Å². The molecular formula is C15H24N2O2. The molecular weight excluding hydrogens is 240 g/mol. The highest BCUT2D eigenvalue weighted by molar-refractivity contribution is 5.90. The van der Waals surface area contributed by atoms with Crippen LogP contribution in [0.3, 0.4) is 0 Å². The Labute approximate surface area is 115 Å². The maximum atomic E-state index is 11.6. The van der Waals surface area contributed by atoms with Crippen LogP contribution in [0.4, 0.5) is 11.4 Å². The molecule has 0 saturated heterocycles. The van der Waals surface area contributed by atoms with Crippen LogP contribution in [0, 0.1) is 0 Å². The van der Waals surface area contributed by atoms with Crippen molar-refractivity contribution in [1.29, 1.82) is 0 Å². The molecule has 0 aliphatic heterocycles. The summed E-state index contributed by atoms with van der Waals surface area (Å²) < 4.78 is 5.46. The minimum atomic E-state index is 0.0157. The van der Waals surface area contributed by atoms with Crippen molar-refractivity contribution in [3.63, 3.8) is 0 Å². The number of nitrogen functional groups attached to an aromatic ring is 1. The normalized spacial score (nSPS) is 10.4. The van der Waals surface area contributed by atoms with Gasteiger partial charge in [-0.05, 0) is 37.1 Å². The summed E-state index contributed by atoms with van der Waals surface area (Å²) in [5.41, 5.74) is 7.05. The maximum Gasteiger partial charge on any atom is 0.224 e. The number of hydrogen-bond donors (Lipinski definition) is 2. The van der Waals surface area contributed by atoms with Crippen molar-refractivity contribution < 1.29 is 9.53 Å². The van der Waals surface area contributed by atoms with Crippen LogP contribution < -0.4 is 11.1 Å². The first-order valence-electron chi connectivity index (χ1n) is 6.95. The molecule has 1 aromatic carbocycles. The fraction of sp³-hybridized carbons (Fsp3) is 0.533. The number of benzene rings is 1. The summed E-state index contributed by atoms with van der Waals surface area (Å²) in [6.45, 7) is 3.62. The standard InChI is InChI=1S/C15H24N2O2/c1-2-3-4-11-19-12-5-6-15(18)17-14-9-7-13(16)8-10-14/h7-10H,2-6,11-12,16H2,1H3,(H,17,18). The van der Waals surface area contributed by atoms with E-state index in [1.807, 2.05) is 0 Å². The number of unbranched alkanes of at least 4 members (excludes halogenated alkanes) is 2. The second-order valence-electron chi connectivity index (χ2n) is 4.59. The highest BCUT2D eigenvalue weighted by atomic mass is 16.5. The molecule has 0 aromatic heterocycles. The third-order valence-corrected chi connectivity index (χ3v) is 2.78. The second-order valence-corrected chi connectivity index (χ2v) is 4.59. The lowest BCUT2D eigenvalue weighted by Crippen LogP contribution is -2.12. The fourth-order valence-electron chi connectivity index (χ4n) is 1.68. The molecule has 106 valence electrons. The van der Waals surface area contributed by atoms with Crippen LogP contribution >= 0.6 is 0 Å². The Morgan fingerprint density at radius 1 is 1.16 bits per heavy atom. The van der Waals surface area contributed by atoms with E-state index < -0.39 is 0 Å². The van der Waals surface area contributed by atoms with Gasteiger partial charge in [-0.1, -0.05) is 19.8 Å². The average Bonchev–Trinajstić information content (AvgIpc) is 2.40. The van der Waals surface area contributed by atoms with Gasteiger partial charge in [-0.25, -0.2) is 0 Å². The summed E-state index contributed by atoms with van der Waals surface area (Å²) >= 11 is 0. The zero-order valence-electron chi connectivity index (χ0n) is 11.7. The monoisotopic (exact) mass is 264 g/mol. The fourth-order valence-corrected chi connectivity index (χ4v) is 1.68. The van der Waals surface area contributed by atoms with Gasteiger partial charge in [0.05, 0.1) is 0 Å². The second kappa shape index (κ2) is 9.39. The molecule has 0 aliphatic rings. The lowest BCUT2D eigenvalue weighted by molar-refractivity contribution is -0.116. The van der Waals surface area contributed by atoms with E-state index in [1.165, 1.54) is 12.8 Å². The summed E-state index contributed by atoms with van der Waals surface area (Å²) in [6, 6.07) is 7.14. The number of nitrogens with one attached hydrogen (secondary N) is 1. The summed E-state index contributed by atoms with van der Waals surface area (Å²) in [4.78, 5) is 11.6. The Kier molecular flexibility index (Phi) is 7.66. The van der Waals surface area contributed by atoms with Crippen molar-refractivity contribution in [3.8, 4) is 0 Å².